The molecular formula is C17H14N4O6S. The fourth-order valence-electron chi connectivity index (χ4n) is 2.83. The largest absolute Gasteiger partial charge is 0.370 e. The minimum Gasteiger partial charge on any atom is -0.370 e. The number of nitro benzene ring substituents is 2. The number of non-ortho nitro benzene ring substituents is 2. The number of hydrogen-bond donors (Lipinski definition) is 1. The molecule has 3 rings (SSSR count). The Labute approximate surface area is 162 Å². The van der Waals surface area contributed by atoms with Gasteiger partial charge in [-0.25, -0.2) is 0 Å². The van der Waals surface area contributed by atoms with E-state index in [1.54, 1.807) is 0 Å². The molecule has 0 spiro atoms. The fourth-order valence-corrected chi connectivity index (χ4v) is 4.20. The van der Waals surface area contributed by atoms with Gasteiger partial charge in [-0.3, -0.25) is 25.0 Å². The molecule has 1 amide bonds. The van der Waals surface area contributed by atoms with Gasteiger partial charge in [-0.05, 0) is 13.8 Å². The van der Waals surface area contributed by atoms with E-state index in [0.29, 0.717) is 12.0 Å². The highest BCUT2D eigenvalue weighted by Crippen LogP contribution is 2.40. The summed E-state index contributed by atoms with van der Waals surface area (Å²) in [5.41, 5.74) is -0.809. The molecule has 0 saturated carbocycles. The summed E-state index contributed by atoms with van der Waals surface area (Å²) in [6.07, 6.45) is 0.569. The van der Waals surface area contributed by atoms with Crippen molar-refractivity contribution in [1.29, 1.82) is 5.26 Å². The quantitative estimate of drug-likeness (QED) is 0.607. The highest BCUT2D eigenvalue weighted by molar-refractivity contribution is 7.16. The number of nitrogens with zero attached hydrogens (tertiary/aromatic N) is 3. The number of anilines is 1. The van der Waals surface area contributed by atoms with Gasteiger partial charge in [0.2, 0.25) is 0 Å². The standard InChI is InChI=1S/C17H14N4O6S/c1-17(2)6-14-13(8-27-17)12(7-18)16(28-14)19-15(22)9-3-10(20(23)24)5-11(4-9)21(25)26/h3-5H,6,8H2,1-2H3,(H,19,22). The third kappa shape index (κ3) is 3.68. The maximum Gasteiger partial charge on any atom is 0.277 e. The van der Waals surface area contributed by atoms with Gasteiger partial charge in [0, 0.05) is 29.0 Å². The van der Waals surface area contributed by atoms with Gasteiger partial charge in [0.25, 0.3) is 17.3 Å². The number of fused-ring (bicyclic) bond motifs is 1. The van der Waals surface area contributed by atoms with Crippen LogP contribution in [-0.4, -0.2) is 21.4 Å². The van der Waals surface area contributed by atoms with Crippen LogP contribution >= 0.6 is 11.3 Å². The molecule has 2 aromatic rings. The van der Waals surface area contributed by atoms with E-state index in [1.807, 2.05) is 19.9 Å². The van der Waals surface area contributed by atoms with Crippen molar-refractivity contribution in [2.24, 2.45) is 0 Å². The molecule has 1 aromatic heterocycles. The smallest absolute Gasteiger partial charge is 0.277 e. The Kier molecular flexibility index (Phi) is 4.84. The lowest BCUT2D eigenvalue weighted by atomic mass is 9.97. The van der Waals surface area contributed by atoms with Crippen molar-refractivity contribution < 1.29 is 19.4 Å². The molecule has 0 bridgehead atoms. The summed E-state index contributed by atoms with van der Waals surface area (Å²) in [7, 11) is 0. The van der Waals surface area contributed by atoms with Gasteiger partial charge in [0.05, 0.1) is 39.2 Å². The van der Waals surface area contributed by atoms with Crippen LogP contribution in [0.15, 0.2) is 18.2 Å². The third-order valence-corrected chi connectivity index (χ3v) is 5.36. The number of amides is 1. The van der Waals surface area contributed by atoms with Gasteiger partial charge >= 0.3 is 0 Å². The monoisotopic (exact) mass is 402 g/mol. The first-order valence-corrected chi connectivity index (χ1v) is 8.87. The zero-order chi connectivity index (χ0) is 20.6. The lowest BCUT2D eigenvalue weighted by Crippen LogP contribution is -2.31. The van der Waals surface area contributed by atoms with E-state index in [1.165, 1.54) is 11.3 Å². The van der Waals surface area contributed by atoms with Crippen molar-refractivity contribution in [2.75, 3.05) is 5.32 Å². The Hall–Kier alpha value is -3.36. The average molecular weight is 402 g/mol. The number of ether oxygens (including phenoxy) is 1. The predicted molar refractivity (Wildman–Crippen MR) is 99.3 cm³/mol. The highest BCUT2D eigenvalue weighted by atomic mass is 32.1. The van der Waals surface area contributed by atoms with E-state index >= 15 is 0 Å². The second-order valence-electron chi connectivity index (χ2n) is 6.75. The van der Waals surface area contributed by atoms with Crippen molar-refractivity contribution in [3.63, 3.8) is 0 Å². The van der Waals surface area contributed by atoms with Gasteiger partial charge < -0.3 is 10.1 Å². The molecule has 1 aromatic carbocycles. The van der Waals surface area contributed by atoms with Crippen LogP contribution in [0.1, 0.15) is 40.2 Å². The molecule has 0 radical (unpaired) electrons. The van der Waals surface area contributed by atoms with E-state index in [2.05, 4.69) is 5.32 Å². The molecule has 0 fully saturated rings. The number of nitrogens with one attached hydrogen (secondary N) is 1. The molecule has 28 heavy (non-hydrogen) atoms. The number of nitriles is 1. The van der Waals surface area contributed by atoms with Crippen LogP contribution in [0.3, 0.4) is 0 Å². The van der Waals surface area contributed by atoms with Gasteiger partial charge in [0.15, 0.2) is 0 Å². The van der Waals surface area contributed by atoms with Gasteiger partial charge in [-0.2, -0.15) is 5.26 Å². The number of nitro groups is 2. The number of hydrogen-bond acceptors (Lipinski definition) is 8. The summed E-state index contributed by atoms with van der Waals surface area (Å²) in [4.78, 5) is 33.9. The molecule has 10 nitrogen and oxygen atoms in total. The molecule has 0 aliphatic carbocycles. The molecule has 144 valence electrons. The molecule has 1 aliphatic heterocycles. The summed E-state index contributed by atoms with van der Waals surface area (Å²) >= 11 is 1.23. The minimum absolute atomic E-state index is 0.236. The molecule has 0 unspecified atom stereocenters. The Bertz CT molecular complexity index is 1020. The fraction of sp³-hybridized carbons (Fsp3) is 0.294. The molecule has 2 heterocycles. The Morgan fingerprint density at radius 1 is 1.25 bits per heavy atom. The van der Waals surface area contributed by atoms with Crippen LogP contribution in [0.4, 0.5) is 16.4 Å². The van der Waals surface area contributed by atoms with Gasteiger partial charge in [-0.15, -0.1) is 11.3 Å². The highest BCUT2D eigenvalue weighted by Gasteiger charge is 2.31. The second-order valence-corrected chi connectivity index (χ2v) is 7.86. The van der Waals surface area contributed by atoms with Crippen LogP contribution in [0, 0.1) is 31.6 Å². The Balaban J connectivity index is 1.96. The zero-order valence-corrected chi connectivity index (χ0v) is 15.7. The van der Waals surface area contributed by atoms with Crippen molar-refractivity contribution >= 4 is 33.6 Å². The molecule has 1 aliphatic rings. The average Bonchev–Trinajstić information content (AvgIpc) is 2.95. The summed E-state index contributed by atoms with van der Waals surface area (Å²) in [6.45, 7) is 4.07. The minimum atomic E-state index is -0.812. The van der Waals surface area contributed by atoms with E-state index in [4.69, 9.17) is 4.74 Å². The van der Waals surface area contributed by atoms with Crippen LogP contribution in [0.2, 0.25) is 0 Å². The number of carbonyl (C=O) groups excluding carboxylic acids is 1. The van der Waals surface area contributed by atoms with Crippen LogP contribution in [0.25, 0.3) is 0 Å². The second kappa shape index (κ2) is 6.99. The first-order valence-electron chi connectivity index (χ1n) is 8.05. The molecule has 0 atom stereocenters. The third-order valence-electron chi connectivity index (χ3n) is 4.21. The van der Waals surface area contributed by atoms with E-state index in [0.717, 1.165) is 23.1 Å². The topological polar surface area (TPSA) is 148 Å². The Morgan fingerprint density at radius 3 is 2.39 bits per heavy atom. The first-order chi connectivity index (χ1) is 13.1. The lowest BCUT2D eigenvalue weighted by Gasteiger charge is -2.29. The summed E-state index contributed by atoms with van der Waals surface area (Å²) in [6, 6.07) is 4.73. The van der Waals surface area contributed by atoms with Gasteiger partial charge in [0.1, 0.15) is 11.1 Å². The number of carbonyl (C=O) groups is 1. The van der Waals surface area contributed by atoms with Crippen molar-refractivity contribution in [1.82, 2.24) is 0 Å². The van der Waals surface area contributed by atoms with Crippen molar-refractivity contribution in [3.05, 3.63) is 60.0 Å². The van der Waals surface area contributed by atoms with Gasteiger partial charge in [-0.1, -0.05) is 0 Å². The normalized spacial score (nSPS) is 14.6. The molecule has 0 saturated heterocycles. The lowest BCUT2D eigenvalue weighted by molar-refractivity contribution is -0.394. The number of rotatable bonds is 4. The van der Waals surface area contributed by atoms with E-state index in [9.17, 15) is 30.3 Å². The molecule has 1 N–H and O–H groups in total. The van der Waals surface area contributed by atoms with E-state index in [-0.39, 0.29) is 22.7 Å². The molecular weight excluding hydrogens is 388 g/mol. The van der Waals surface area contributed by atoms with Crippen molar-refractivity contribution in [3.8, 4) is 6.07 Å². The summed E-state index contributed by atoms with van der Waals surface area (Å²) in [5, 5.41) is 34.3. The van der Waals surface area contributed by atoms with E-state index < -0.39 is 32.7 Å². The van der Waals surface area contributed by atoms with Crippen LogP contribution in [0.5, 0.6) is 0 Å². The predicted octanol–water partition coefficient (Wildman–Crippen LogP) is 3.54. The summed E-state index contributed by atoms with van der Waals surface area (Å²) < 4.78 is 5.71. The number of thiophene rings is 1. The number of benzene rings is 1. The zero-order valence-electron chi connectivity index (χ0n) is 14.8. The SMILES string of the molecule is CC1(C)Cc2sc(NC(=O)c3cc([N+](=O)[O-])cc([N+](=O)[O-])c3)c(C#N)c2CO1. The maximum absolute atomic E-state index is 12.6. The maximum atomic E-state index is 12.6. The van der Waals surface area contributed by atoms with Crippen LogP contribution < -0.4 is 5.32 Å². The first kappa shape index (κ1) is 19.4. The molecule has 11 heteroatoms. The summed E-state index contributed by atoms with van der Waals surface area (Å²) in [5.74, 6) is -0.776. The van der Waals surface area contributed by atoms with Crippen LogP contribution in [-0.2, 0) is 17.8 Å². The van der Waals surface area contributed by atoms with Crippen molar-refractivity contribution in [2.45, 2.75) is 32.5 Å². The Morgan fingerprint density at radius 2 is 1.86 bits per heavy atom.